The van der Waals surface area contributed by atoms with Crippen LogP contribution in [-0.4, -0.2) is 38.9 Å². The summed E-state index contributed by atoms with van der Waals surface area (Å²) in [5.41, 5.74) is -0.239. The van der Waals surface area contributed by atoms with Crippen LogP contribution in [0.2, 0.25) is 0 Å². The maximum absolute atomic E-state index is 13.1. The van der Waals surface area contributed by atoms with E-state index < -0.39 is 33.4 Å². The Bertz CT molecular complexity index is 1290. The molecule has 1 N–H and O–H groups in total. The Balaban J connectivity index is 1.76. The fraction of sp³-hybridized carbons (Fsp3) is 0.0909. The molecule has 0 heterocycles. The summed E-state index contributed by atoms with van der Waals surface area (Å²) in [7, 11) is -2.76. The molecule has 0 radical (unpaired) electrons. The largest absolute Gasteiger partial charge is 0.452 e. The first kappa shape index (κ1) is 23.4. The number of nitro benzene ring substituents is 1. The van der Waals surface area contributed by atoms with Crippen LogP contribution in [0.4, 0.5) is 17.1 Å². The minimum Gasteiger partial charge on any atom is -0.452 e. The highest BCUT2D eigenvalue weighted by Crippen LogP contribution is 2.25. The lowest BCUT2D eigenvalue weighted by Gasteiger charge is -2.20. The van der Waals surface area contributed by atoms with Gasteiger partial charge in [0.1, 0.15) is 10.6 Å². The lowest BCUT2D eigenvalue weighted by Crippen LogP contribution is -2.29. The van der Waals surface area contributed by atoms with Gasteiger partial charge in [-0.05, 0) is 30.3 Å². The lowest BCUT2D eigenvalue weighted by atomic mass is 10.2. The third kappa shape index (κ3) is 5.33. The van der Waals surface area contributed by atoms with Crippen LogP contribution in [0.3, 0.4) is 0 Å². The molecule has 0 atom stereocenters. The quantitative estimate of drug-likeness (QED) is 0.304. The normalized spacial score (nSPS) is 10.8. The predicted molar refractivity (Wildman–Crippen MR) is 120 cm³/mol. The van der Waals surface area contributed by atoms with Gasteiger partial charge in [0.25, 0.3) is 21.6 Å². The molecule has 0 fully saturated rings. The number of hydrogen-bond acceptors (Lipinski definition) is 7. The summed E-state index contributed by atoms with van der Waals surface area (Å²) in [6, 6.07) is 19.2. The second-order valence-electron chi connectivity index (χ2n) is 6.70. The van der Waals surface area contributed by atoms with Gasteiger partial charge in [0.2, 0.25) is 0 Å². The van der Waals surface area contributed by atoms with Crippen LogP contribution < -0.4 is 9.62 Å². The van der Waals surface area contributed by atoms with Gasteiger partial charge in [0.15, 0.2) is 6.61 Å². The zero-order chi connectivity index (χ0) is 24.0. The van der Waals surface area contributed by atoms with Crippen LogP contribution in [0.25, 0.3) is 0 Å². The van der Waals surface area contributed by atoms with E-state index in [1.165, 1.54) is 55.6 Å². The topological polar surface area (TPSA) is 136 Å². The monoisotopic (exact) mass is 469 g/mol. The first-order valence-electron chi connectivity index (χ1n) is 9.55. The van der Waals surface area contributed by atoms with E-state index in [2.05, 4.69) is 5.32 Å². The summed E-state index contributed by atoms with van der Waals surface area (Å²) in [4.78, 5) is 34.9. The molecule has 33 heavy (non-hydrogen) atoms. The predicted octanol–water partition coefficient (Wildman–Crippen LogP) is 3.22. The van der Waals surface area contributed by atoms with Crippen molar-refractivity contribution in [3.05, 3.63) is 94.5 Å². The van der Waals surface area contributed by atoms with Crippen molar-refractivity contribution < 1.29 is 27.7 Å². The molecule has 10 nitrogen and oxygen atoms in total. The number of nitrogens with one attached hydrogen (secondary N) is 1. The number of nitro groups is 1. The Morgan fingerprint density at radius 3 is 2.27 bits per heavy atom. The van der Waals surface area contributed by atoms with Gasteiger partial charge in [-0.25, -0.2) is 13.2 Å². The van der Waals surface area contributed by atoms with Crippen LogP contribution in [0, 0.1) is 10.1 Å². The van der Waals surface area contributed by atoms with Crippen LogP contribution >= 0.6 is 0 Å². The molecule has 3 rings (SSSR count). The van der Waals surface area contributed by atoms with E-state index in [4.69, 9.17) is 4.74 Å². The van der Waals surface area contributed by atoms with E-state index in [0.717, 1.165) is 4.31 Å². The van der Waals surface area contributed by atoms with E-state index in [1.807, 2.05) is 0 Å². The van der Waals surface area contributed by atoms with E-state index in [0.29, 0.717) is 5.69 Å². The van der Waals surface area contributed by atoms with Gasteiger partial charge in [-0.2, -0.15) is 0 Å². The Morgan fingerprint density at radius 1 is 0.970 bits per heavy atom. The lowest BCUT2D eigenvalue weighted by molar-refractivity contribution is -0.383. The highest BCUT2D eigenvalue weighted by Gasteiger charge is 2.28. The molecule has 11 heteroatoms. The number of benzene rings is 3. The van der Waals surface area contributed by atoms with Gasteiger partial charge in [-0.15, -0.1) is 0 Å². The number of nitrogens with zero attached hydrogens (tertiary/aromatic N) is 2. The van der Waals surface area contributed by atoms with Gasteiger partial charge >= 0.3 is 5.97 Å². The SMILES string of the molecule is CN(c1ccccc1)S(=O)(=O)c1ccccc1C(=O)OCC(=O)Nc1ccccc1[N+](=O)[O-]. The highest BCUT2D eigenvalue weighted by atomic mass is 32.2. The number of esters is 1. The molecule has 0 bridgehead atoms. The molecule has 170 valence electrons. The first-order valence-corrected chi connectivity index (χ1v) is 11.0. The Hall–Kier alpha value is -4.25. The van der Waals surface area contributed by atoms with Gasteiger partial charge in [0.05, 0.1) is 16.2 Å². The second kappa shape index (κ2) is 9.92. The fourth-order valence-corrected chi connectivity index (χ4v) is 4.29. The van der Waals surface area contributed by atoms with Crippen molar-refractivity contribution in [3.8, 4) is 0 Å². The molecule has 0 unspecified atom stereocenters. The maximum atomic E-state index is 13.1. The molecule has 0 spiro atoms. The van der Waals surface area contributed by atoms with Crippen LogP contribution in [-0.2, 0) is 19.6 Å². The number of amides is 1. The number of para-hydroxylation sites is 3. The smallest absolute Gasteiger partial charge is 0.340 e. The third-order valence-electron chi connectivity index (χ3n) is 4.57. The van der Waals surface area contributed by atoms with Crippen LogP contribution in [0.5, 0.6) is 0 Å². The molecular formula is C22H19N3O7S. The Morgan fingerprint density at radius 2 is 1.58 bits per heavy atom. The van der Waals surface area contributed by atoms with Crippen LogP contribution in [0.1, 0.15) is 10.4 Å². The molecule has 3 aromatic rings. The number of ether oxygens (including phenoxy) is 1. The molecule has 0 aliphatic carbocycles. The van der Waals surface area contributed by atoms with Crippen molar-refractivity contribution in [2.45, 2.75) is 4.90 Å². The highest BCUT2D eigenvalue weighted by molar-refractivity contribution is 7.92. The average Bonchev–Trinajstić information content (AvgIpc) is 2.82. The molecule has 3 aromatic carbocycles. The standard InChI is InChI=1S/C22H19N3O7S/c1-24(16-9-3-2-4-10-16)33(30,31)20-14-8-5-11-17(20)22(27)32-15-21(26)23-18-12-6-7-13-19(18)25(28)29/h2-14H,15H2,1H3,(H,23,26). The van der Waals surface area contributed by atoms with Crippen molar-refractivity contribution >= 4 is 39.0 Å². The average molecular weight is 469 g/mol. The minimum atomic E-state index is -4.11. The molecule has 1 amide bonds. The van der Waals surface area contributed by atoms with Gasteiger partial charge in [-0.1, -0.05) is 42.5 Å². The summed E-state index contributed by atoms with van der Waals surface area (Å²) in [6.45, 7) is -0.770. The molecule has 0 saturated heterocycles. The van der Waals surface area contributed by atoms with Gasteiger partial charge in [0, 0.05) is 13.1 Å². The maximum Gasteiger partial charge on any atom is 0.340 e. The van der Waals surface area contributed by atoms with Gasteiger partial charge < -0.3 is 10.1 Å². The van der Waals surface area contributed by atoms with Crippen molar-refractivity contribution in [2.75, 3.05) is 23.3 Å². The minimum absolute atomic E-state index is 0.0592. The number of anilines is 2. The zero-order valence-electron chi connectivity index (χ0n) is 17.4. The van der Waals surface area contributed by atoms with E-state index in [1.54, 1.807) is 30.3 Å². The van der Waals surface area contributed by atoms with Crippen molar-refractivity contribution in [3.63, 3.8) is 0 Å². The number of rotatable bonds is 8. The summed E-state index contributed by atoms with van der Waals surface area (Å²) < 4.78 is 32.2. The number of hydrogen-bond donors (Lipinski definition) is 1. The molecule has 0 aromatic heterocycles. The van der Waals surface area contributed by atoms with Gasteiger partial charge in [-0.3, -0.25) is 19.2 Å². The van der Waals surface area contributed by atoms with Crippen molar-refractivity contribution in [1.82, 2.24) is 0 Å². The van der Waals surface area contributed by atoms with E-state index >= 15 is 0 Å². The zero-order valence-corrected chi connectivity index (χ0v) is 18.2. The van der Waals surface area contributed by atoms with Crippen molar-refractivity contribution in [1.29, 1.82) is 0 Å². The molecule has 0 aliphatic heterocycles. The molecule has 0 aliphatic rings. The summed E-state index contributed by atoms with van der Waals surface area (Å²) in [6.07, 6.45) is 0. The summed E-state index contributed by atoms with van der Waals surface area (Å²) >= 11 is 0. The fourth-order valence-electron chi connectivity index (χ4n) is 2.92. The van der Waals surface area contributed by atoms with Crippen molar-refractivity contribution in [2.24, 2.45) is 0 Å². The number of carbonyl (C=O) groups is 2. The first-order chi connectivity index (χ1) is 15.7. The number of carbonyl (C=O) groups excluding carboxylic acids is 2. The van der Waals surface area contributed by atoms with Crippen LogP contribution in [0.15, 0.2) is 83.8 Å². The summed E-state index contributed by atoms with van der Waals surface area (Å²) in [5.74, 6) is -1.85. The Labute approximate surface area is 189 Å². The summed E-state index contributed by atoms with van der Waals surface area (Å²) in [5, 5.41) is 13.4. The second-order valence-corrected chi connectivity index (χ2v) is 8.64. The molecule has 0 saturated carbocycles. The van der Waals surface area contributed by atoms with E-state index in [9.17, 15) is 28.1 Å². The third-order valence-corrected chi connectivity index (χ3v) is 6.42. The Kier molecular flexibility index (Phi) is 7.04. The number of sulfonamides is 1. The molecular weight excluding hydrogens is 450 g/mol. The van der Waals surface area contributed by atoms with E-state index in [-0.39, 0.29) is 21.8 Å².